The number of para-hydroxylation sites is 1. The van der Waals surface area contributed by atoms with Crippen molar-refractivity contribution in [1.29, 1.82) is 0 Å². The van der Waals surface area contributed by atoms with Gasteiger partial charge < -0.3 is 10.1 Å². The van der Waals surface area contributed by atoms with Gasteiger partial charge >= 0.3 is 0 Å². The Kier molecular flexibility index (Phi) is 6.04. The first kappa shape index (κ1) is 19.6. The molecule has 0 atom stereocenters. The van der Waals surface area contributed by atoms with Gasteiger partial charge in [0, 0.05) is 18.0 Å². The highest BCUT2D eigenvalue weighted by atomic mass is 16.5. The molecule has 0 fully saturated rings. The third-order valence-corrected chi connectivity index (χ3v) is 4.99. The Labute approximate surface area is 176 Å². The van der Waals surface area contributed by atoms with Crippen LogP contribution in [-0.4, -0.2) is 17.4 Å². The molecule has 4 nitrogen and oxygen atoms in total. The van der Waals surface area contributed by atoms with Gasteiger partial charge in [0.05, 0.1) is 11.1 Å². The van der Waals surface area contributed by atoms with Gasteiger partial charge in [-0.25, -0.2) is 4.98 Å². The second-order valence-corrected chi connectivity index (χ2v) is 7.29. The molecule has 4 aromatic rings. The molecule has 0 unspecified atom stereocenters. The fourth-order valence-electron chi connectivity index (χ4n) is 3.31. The summed E-state index contributed by atoms with van der Waals surface area (Å²) in [5.74, 6) is 0.325. The van der Waals surface area contributed by atoms with Gasteiger partial charge in [-0.05, 0) is 30.5 Å². The number of pyridine rings is 1. The zero-order valence-corrected chi connectivity index (χ0v) is 17.0. The summed E-state index contributed by atoms with van der Waals surface area (Å²) in [6, 6.07) is 27.6. The molecule has 0 aliphatic carbocycles. The number of benzene rings is 3. The average molecular weight is 396 g/mol. The number of amides is 1. The van der Waals surface area contributed by atoms with Crippen LogP contribution in [-0.2, 0) is 13.0 Å². The lowest BCUT2D eigenvalue weighted by atomic mass is 10.1. The molecule has 0 spiro atoms. The van der Waals surface area contributed by atoms with E-state index in [1.807, 2.05) is 54.6 Å². The van der Waals surface area contributed by atoms with Crippen molar-refractivity contribution < 1.29 is 9.53 Å². The van der Waals surface area contributed by atoms with Crippen molar-refractivity contribution in [2.45, 2.75) is 20.0 Å². The van der Waals surface area contributed by atoms with Crippen molar-refractivity contribution >= 4 is 16.8 Å². The number of carbonyl (C=O) groups excluding carboxylic acids is 1. The predicted octanol–water partition coefficient (Wildman–Crippen LogP) is 5.09. The second kappa shape index (κ2) is 9.23. The van der Waals surface area contributed by atoms with E-state index in [1.165, 1.54) is 11.1 Å². The smallest absolute Gasteiger partial charge is 0.252 e. The van der Waals surface area contributed by atoms with Gasteiger partial charge in [0.2, 0.25) is 5.88 Å². The molecule has 150 valence electrons. The second-order valence-electron chi connectivity index (χ2n) is 7.29. The lowest BCUT2D eigenvalue weighted by Gasteiger charge is -2.11. The van der Waals surface area contributed by atoms with Crippen LogP contribution in [0.25, 0.3) is 10.9 Å². The summed E-state index contributed by atoms with van der Waals surface area (Å²) in [6.45, 7) is 3.04. The van der Waals surface area contributed by atoms with Crippen molar-refractivity contribution in [3.63, 3.8) is 0 Å². The van der Waals surface area contributed by atoms with Gasteiger partial charge in [0.1, 0.15) is 6.61 Å². The summed E-state index contributed by atoms with van der Waals surface area (Å²) in [5, 5.41) is 3.85. The SMILES string of the molecule is Cc1ccc(CCNC(=O)c2cc(OCc3ccccc3)nc3ccccc23)cc1. The lowest BCUT2D eigenvalue weighted by Crippen LogP contribution is -2.26. The molecule has 0 saturated carbocycles. The number of ether oxygens (including phenoxy) is 1. The van der Waals surface area contributed by atoms with Crippen LogP contribution in [0.5, 0.6) is 5.88 Å². The number of aryl methyl sites for hydroxylation is 1. The predicted molar refractivity (Wildman–Crippen MR) is 120 cm³/mol. The fourth-order valence-corrected chi connectivity index (χ4v) is 3.31. The molecule has 4 heteroatoms. The molecule has 0 aliphatic heterocycles. The summed E-state index contributed by atoms with van der Waals surface area (Å²) < 4.78 is 5.88. The topological polar surface area (TPSA) is 51.2 Å². The van der Waals surface area contributed by atoms with Crippen molar-refractivity contribution in [2.24, 2.45) is 0 Å². The maximum atomic E-state index is 12.9. The molecule has 30 heavy (non-hydrogen) atoms. The summed E-state index contributed by atoms with van der Waals surface area (Å²) in [7, 11) is 0. The quantitative estimate of drug-likeness (QED) is 0.473. The standard InChI is InChI=1S/C26H24N2O2/c1-19-11-13-20(14-12-19)15-16-27-26(29)23-17-25(28-24-10-6-5-9-22(23)24)30-18-21-7-3-2-4-8-21/h2-14,17H,15-16,18H2,1H3,(H,27,29). The summed E-state index contributed by atoms with van der Waals surface area (Å²) in [6.07, 6.45) is 0.784. The van der Waals surface area contributed by atoms with Crippen molar-refractivity contribution in [1.82, 2.24) is 10.3 Å². The molecule has 1 heterocycles. The molecule has 3 aromatic carbocycles. The number of nitrogens with zero attached hydrogens (tertiary/aromatic N) is 1. The van der Waals surface area contributed by atoms with Crippen LogP contribution in [0.1, 0.15) is 27.0 Å². The first-order chi connectivity index (χ1) is 14.7. The van der Waals surface area contributed by atoms with E-state index in [0.29, 0.717) is 24.6 Å². The van der Waals surface area contributed by atoms with Crippen LogP contribution < -0.4 is 10.1 Å². The van der Waals surface area contributed by atoms with Gasteiger partial charge in [-0.3, -0.25) is 4.79 Å². The summed E-state index contributed by atoms with van der Waals surface area (Å²) in [4.78, 5) is 17.5. The van der Waals surface area contributed by atoms with Crippen LogP contribution in [0, 0.1) is 6.92 Å². The molecule has 0 radical (unpaired) electrons. The Bertz CT molecular complexity index is 1140. The zero-order chi connectivity index (χ0) is 20.8. The van der Waals surface area contributed by atoms with Crippen LogP contribution in [0.3, 0.4) is 0 Å². The van der Waals surface area contributed by atoms with Crippen LogP contribution >= 0.6 is 0 Å². The Balaban J connectivity index is 1.49. The van der Waals surface area contributed by atoms with Crippen molar-refractivity contribution in [3.8, 4) is 5.88 Å². The highest BCUT2D eigenvalue weighted by Gasteiger charge is 2.13. The third-order valence-electron chi connectivity index (χ3n) is 4.99. The number of hydrogen-bond donors (Lipinski definition) is 1. The lowest BCUT2D eigenvalue weighted by molar-refractivity contribution is 0.0955. The van der Waals surface area contributed by atoms with Gasteiger partial charge in [-0.2, -0.15) is 0 Å². The molecule has 0 saturated heterocycles. The first-order valence-corrected chi connectivity index (χ1v) is 10.1. The number of carbonyl (C=O) groups is 1. The van der Waals surface area contributed by atoms with Crippen molar-refractivity contribution in [2.75, 3.05) is 6.54 Å². The monoisotopic (exact) mass is 396 g/mol. The minimum absolute atomic E-state index is 0.120. The molecule has 1 N–H and O–H groups in total. The van der Waals surface area contributed by atoms with Gasteiger partial charge in [0.15, 0.2) is 0 Å². The molecule has 0 bridgehead atoms. The van der Waals surface area contributed by atoms with Crippen LogP contribution in [0.4, 0.5) is 0 Å². The highest BCUT2D eigenvalue weighted by Crippen LogP contribution is 2.23. The van der Waals surface area contributed by atoms with E-state index in [1.54, 1.807) is 6.07 Å². The van der Waals surface area contributed by atoms with E-state index >= 15 is 0 Å². The maximum absolute atomic E-state index is 12.9. The summed E-state index contributed by atoms with van der Waals surface area (Å²) in [5.41, 5.74) is 4.80. The normalized spacial score (nSPS) is 10.7. The Morgan fingerprint density at radius 2 is 1.63 bits per heavy atom. The minimum atomic E-state index is -0.120. The largest absolute Gasteiger partial charge is 0.473 e. The molecule has 1 aromatic heterocycles. The maximum Gasteiger partial charge on any atom is 0.252 e. The zero-order valence-electron chi connectivity index (χ0n) is 17.0. The highest BCUT2D eigenvalue weighted by molar-refractivity contribution is 6.06. The first-order valence-electron chi connectivity index (χ1n) is 10.1. The van der Waals surface area contributed by atoms with E-state index in [4.69, 9.17) is 4.74 Å². The number of nitrogens with one attached hydrogen (secondary N) is 1. The average Bonchev–Trinajstić information content (AvgIpc) is 2.79. The van der Waals surface area contributed by atoms with Gasteiger partial charge in [0.25, 0.3) is 5.91 Å². The minimum Gasteiger partial charge on any atom is -0.473 e. The number of rotatable bonds is 7. The Morgan fingerprint density at radius 1 is 0.900 bits per heavy atom. The van der Waals surface area contributed by atoms with E-state index in [9.17, 15) is 4.79 Å². The van der Waals surface area contributed by atoms with Crippen molar-refractivity contribution in [3.05, 3.63) is 107 Å². The third kappa shape index (κ3) is 4.84. The molecular weight excluding hydrogens is 372 g/mol. The summed E-state index contributed by atoms with van der Waals surface area (Å²) >= 11 is 0. The van der Waals surface area contributed by atoms with E-state index < -0.39 is 0 Å². The Hall–Kier alpha value is -3.66. The molecule has 4 rings (SSSR count). The molecule has 1 amide bonds. The molecule has 0 aliphatic rings. The molecular formula is C26H24N2O2. The van der Waals surface area contributed by atoms with E-state index in [2.05, 4.69) is 41.5 Å². The van der Waals surface area contributed by atoms with E-state index in [0.717, 1.165) is 22.9 Å². The van der Waals surface area contributed by atoms with E-state index in [-0.39, 0.29) is 5.91 Å². The number of fused-ring (bicyclic) bond motifs is 1. The Morgan fingerprint density at radius 3 is 2.43 bits per heavy atom. The number of hydrogen-bond acceptors (Lipinski definition) is 3. The van der Waals surface area contributed by atoms with Crippen LogP contribution in [0.2, 0.25) is 0 Å². The fraction of sp³-hybridized carbons (Fsp3) is 0.154. The number of aromatic nitrogens is 1. The van der Waals surface area contributed by atoms with Gasteiger partial charge in [-0.1, -0.05) is 78.4 Å². The van der Waals surface area contributed by atoms with Crippen LogP contribution in [0.15, 0.2) is 84.9 Å². The van der Waals surface area contributed by atoms with Gasteiger partial charge in [-0.15, -0.1) is 0 Å².